The first kappa shape index (κ1) is 11.8. The van der Waals surface area contributed by atoms with Gasteiger partial charge in [0.2, 0.25) is 5.82 Å². The van der Waals surface area contributed by atoms with Crippen molar-refractivity contribution in [2.75, 3.05) is 0 Å². The molecule has 0 fully saturated rings. The molecule has 6 nitrogen and oxygen atoms in total. The summed E-state index contributed by atoms with van der Waals surface area (Å²) < 4.78 is 13.2. The highest BCUT2D eigenvalue weighted by Gasteiger charge is 2.11. The van der Waals surface area contributed by atoms with E-state index in [9.17, 15) is 18.8 Å². The number of halogens is 1. The molecule has 0 saturated heterocycles. The lowest BCUT2D eigenvalue weighted by atomic mass is 10.2. The Morgan fingerprint density at radius 2 is 1.89 bits per heavy atom. The van der Waals surface area contributed by atoms with E-state index in [2.05, 4.69) is 4.84 Å². The van der Waals surface area contributed by atoms with Crippen LogP contribution in [0.2, 0.25) is 0 Å². The van der Waals surface area contributed by atoms with Gasteiger partial charge >= 0.3 is 11.7 Å². The number of aromatic amines is 1. The van der Waals surface area contributed by atoms with E-state index in [1.165, 1.54) is 12.1 Å². The molecular weight excluding hydrogens is 243 g/mol. The fraction of sp³-hybridized carbons (Fsp3) is 0. The summed E-state index contributed by atoms with van der Waals surface area (Å²) >= 11 is 0. The molecule has 0 unspecified atom stereocenters. The summed E-state index contributed by atoms with van der Waals surface area (Å²) in [5, 5.41) is 0. The van der Waals surface area contributed by atoms with Crippen LogP contribution in [0.4, 0.5) is 4.39 Å². The Morgan fingerprint density at radius 3 is 2.56 bits per heavy atom. The van der Waals surface area contributed by atoms with Crippen molar-refractivity contribution in [2.45, 2.75) is 0 Å². The van der Waals surface area contributed by atoms with Crippen molar-refractivity contribution in [3.63, 3.8) is 0 Å². The minimum absolute atomic E-state index is 0.191. The Labute approximate surface area is 99.2 Å². The first-order valence-corrected chi connectivity index (χ1v) is 4.87. The summed E-state index contributed by atoms with van der Waals surface area (Å²) in [7, 11) is 0. The van der Waals surface area contributed by atoms with Crippen LogP contribution in [0.5, 0.6) is 0 Å². The second kappa shape index (κ2) is 4.66. The van der Waals surface area contributed by atoms with Crippen molar-refractivity contribution in [3.05, 3.63) is 68.7 Å². The second-order valence-electron chi connectivity index (χ2n) is 3.31. The summed E-state index contributed by atoms with van der Waals surface area (Å²) in [6, 6.07) is 7.84. The number of carbonyl (C=O) groups is 1. The van der Waals surface area contributed by atoms with E-state index in [-0.39, 0.29) is 5.56 Å². The van der Waals surface area contributed by atoms with Gasteiger partial charge in [-0.25, -0.2) is 9.59 Å². The number of hydrogen-bond acceptors (Lipinski definition) is 4. The molecule has 0 aliphatic rings. The van der Waals surface area contributed by atoms with Crippen molar-refractivity contribution < 1.29 is 14.0 Å². The van der Waals surface area contributed by atoms with Crippen molar-refractivity contribution in [1.82, 2.24) is 9.71 Å². The SMILES string of the molecule is O=C(On1cc(F)c(=O)[nH]c1=O)c1ccccc1. The zero-order chi connectivity index (χ0) is 13.1. The lowest BCUT2D eigenvalue weighted by Crippen LogP contribution is -2.37. The zero-order valence-electron chi connectivity index (χ0n) is 8.92. The van der Waals surface area contributed by atoms with Gasteiger partial charge in [0.05, 0.1) is 11.8 Å². The standard InChI is InChI=1S/C11H7FN2O4/c12-8-6-14(11(17)13-9(8)15)18-10(16)7-4-2-1-3-5-7/h1-6H,(H,13,15,17). The Hall–Kier alpha value is -2.70. The molecule has 0 amide bonds. The minimum atomic E-state index is -1.23. The van der Waals surface area contributed by atoms with Crippen LogP contribution in [0.15, 0.2) is 46.1 Å². The molecule has 92 valence electrons. The van der Waals surface area contributed by atoms with Crippen molar-refractivity contribution in [2.24, 2.45) is 0 Å². The molecule has 2 rings (SSSR count). The average molecular weight is 250 g/mol. The molecule has 18 heavy (non-hydrogen) atoms. The normalized spacial score (nSPS) is 10.1. The van der Waals surface area contributed by atoms with E-state index in [1.807, 2.05) is 0 Å². The largest absolute Gasteiger partial charge is 0.363 e. The second-order valence-corrected chi connectivity index (χ2v) is 3.31. The molecule has 7 heteroatoms. The molecule has 2 aromatic rings. The highest BCUT2D eigenvalue weighted by Crippen LogP contribution is 1.98. The van der Waals surface area contributed by atoms with E-state index in [0.717, 1.165) is 0 Å². The van der Waals surface area contributed by atoms with Crippen LogP contribution in [-0.4, -0.2) is 15.7 Å². The van der Waals surface area contributed by atoms with Crippen LogP contribution >= 0.6 is 0 Å². The number of nitrogens with one attached hydrogen (secondary N) is 1. The summed E-state index contributed by atoms with van der Waals surface area (Å²) in [6.45, 7) is 0. The lowest BCUT2D eigenvalue weighted by Gasteiger charge is -2.04. The van der Waals surface area contributed by atoms with Crippen LogP contribution in [0, 0.1) is 5.82 Å². The van der Waals surface area contributed by atoms with Crippen LogP contribution < -0.4 is 16.1 Å². The predicted molar refractivity (Wildman–Crippen MR) is 58.6 cm³/mol. The molecule has 1 aromatic heterocycles. The van der Waals surface area contributed by atoms with Gasteiger partial charge in [0.25, 0.3) is 5.56 Å². The highest BCUT2D eigenvalue weighted by atomic mass is 19.1. The zero-order valence-corrected chi connectivity index (χ0v) is 8.92. The first-order valence-electron chi connectivity index (χ1n) is 4.87. The van der Waals surface area contributed by atoms with Crippen molar-refractivity contribution in [1.29, 1.82) is 0 Å². The quantitative estimate of drug-likeness (QED) is 0.809. The van der Waals surface area contributed by atoms with Crippen LogP contribution in [0.3, 0.4) is 0 Å². The van der Waals surface area contributed by atoms with Gasteiger partial charge in [0, 0.05) is 0 Å². The van der Waals surface area contributed by atoms with E-state index < -0.39 is 23.0 Å². The smallest absolute Gasteiger partial charge is 0.327 e. The van der Waals surface area contributed by atoms with Gasteiger partial charge < -0.3 is 4.84 Å². The van der Waals surface area contributed by atoms with Gasteiger partial charge in [0.1, 0.15) is 0 Å². The number of nitrogens with zero attached hydrogens (tertiary/aromatic N) is 1. The van der Waals surface area contributed by atoms with Gasteiger partial charge in [-0.2, -0.15) is 4.39 Å². The molecule has 0 aliphatic carbocycles. The van der Waals surface area contributed by atoms with Crippen LogP contribution in [-0.2, 0) is 0 Å². The van der Waals surface area contributed by atoms with Gasteiger partial charge in [-0.3, -0.25) is 9.78 Å². The van der Waals surface area contributed by atoms with E-state index >= 15 is 0 Å². The molecule has 1 N–H and O–H groups in total. The average Bonchev–Trinajstić information content (AvgIpc) is 2.37. The van der Waals surface area contributed by atoms with Gasteiger partial charge in [0.15, 0.2) is 0 Å². The van der Waals surface area contributed by atoms with E-state index in [4.69, 9.17) is 0 Å². The Morgan fingerprint density at radius 1 is 1.22 bits per heavy atom. The fourth-order valence-corrected chi connectivity index (χ4v) is 1.22. The fourth-order valence-electron chi connectivity index (χ4n) is 1.22. The lowest BCUT2D eigenvalue weighted by molar-refractivity contribution is 0.0429. The highest BCUT2D eigenvalue weighted by molar-refractivity contribution is 5.89. The third-order valence-corrected chi connectivity index (χ3v) is 2.06. The molecule has 1 aromatic carbocycles. The van der Waals surface area contributed by atoms with Crippen LogP contribution in [0.1, 0.15) is 10.4 Å². The maximum atomic E-state index is 12.9. The van der Waals surface area contributed by atoms with Crippen molar-refractivity contribution in [3.8, 4) is 0 Å². The van der Waals surface area contributed by atoms with E-state index in [0.29, 0.717) is 10.9 Å². The monoisotopic (exact) mass is 250 g/mol. The number of rotatable bonds is 2. The molecule has 0 spiro atoms. The molecule has 0 bridgehead atoms. The molecule has 0 saturated carbocycles. The predicted octanol–water partition coefficient (Wildman–Crippen LogP) is -0.0553. The number of carbonyl (C=O) groups excluding carboxylic acids is 1. The Balaban J connectivity index is 2.31. The molecule has 1 heterocycles. The third kappa shape index (κ3) is 2.34. The minimum Gasteiger partial charge on any atom is -0.327 e. The molecule has 0 radical (unpaired) electrons. The Bertz CT molecular complexity index is 690. The number of benzene rings is 1. The summed E-state index contributed by atoms with van der Waals surface area (Å²) in [6.07, 6.45) is 0.502. The number of aromatic nitrogens is 2. The van der Waals surface area contributed by atoms with Gasteiger partial charge in [-0.1, -0.05) is 18.2 Å². The maximum absolute atomic E-state index is 12.9. The molecule has 0 atom stereocenters. The first-order chi connectivity index (χ1) is 8.58. The summed E-state index contributed by atoms with van der Waals surface area (Å²) in [5.74, 6) is -2.07. The summed E-state index contributed by atoms with van der Waals surface area (Å²) in [4.78, 5) is 39.8. The van der Waals surface area contributed by atoms with Crippen LogP contribution in [0.25, 0.3) is 0 Å². The van der Waals surface area contributed by atoms with Gasteiger partial charge in [-0.05, 0) is 12.1 Å². The third-order valence-electron chi connectivity index (χ3n) is 2.06. The topological polar surface area (TPSA) is 81.2 Å². The van der Waals surface area contributed by atoms with Gasteiger partial charge in [-0.15, -0.1) is 4.73 Å². The summed E-state index contributed by atoms with van der Waals surface area (Å²) in [5.41, 5.74) is -2.02. The number of H-pyrrole nitrogens is 1. The maximum Gasteiger partial charge on any atom is 0.363 e. The van der Waals surface area contributed by atoms with Crippen molar-refractivity contribution >= 4 is 5.97 Å². The van der Waals surface area contributed by atoms with E-state index in [1.54, 1.807) is 23.2 Å². The molecular formula is C11H7FN2O4. The molecule has 0 aliphatic heterocycles. The number of hydrogen-bond donors (Lipinski definition) is 1. The Kier molecular flexibility index (Phi) is 3.05.